The van der Waals surface area contributed by atoms with E-state index in [1.807, 2.05) is 23.9 Å². The third-order valence-electron chi connectivity index (χ3n) is 2.76. The molecule has 0 radical (unpaired) electrons. The highest BCUT2D eigenvalue weighted by Crippen LogP contribution is 1.96. The molecule has 1 aromatic heterocycles. The number of hydrogen-bond acceptors (Lipinski definition) is 3. The van der Waals surface area contributed by atoms with Gasteiger partial charge >= 0.3 is 0 Å². The fraction of sp³-hybridized carbons (Fsp3) is 0.692. The first-order chi connectivity index (χ1) is 8.59. The maximum absolute atomic E-state index is 11.7. The van der Waals surface area contributed by atoms with Gasteiger partial charge in [0.05, 0.1) is 12.6 Å². The smallest absolute Gasteiger partial charge is 0.236 e. The van der Waals surface area contributed by atoms with Crippen LogP contribution in [0.3, 0.4) is 0 Å². The lowest BCUT2D eigenvalue weighted by molar-refractivity contribution is -0.122. The van der Waals surface area contributed by atoms with Crippen molar-refractivity contribution in [3.05, 3.63) is 18.5 Å². The summed E-state index contributed by atoms with van der Waals surface area (Å²) in [5.74, 6) is 0.685. The molecule has 1 unspecified atom stereocenters. The van der Waals surface area contributed by atoms with Crippen LogP contribution in [0.1, 0.15) is 27.2 Å². The van der Waals surface area contributed by atoms with Crippen LogP contribution in [0.4, 0.5) is 0 Å². The molecule has 1 rings (SSSR count). The van der Waals surface area contributed by atoms with Crippen LogP contribution in [0.5, 0.6) is 0 Å². The molecule has 1 heterocycles. The fourth-order valence-electron chi connectivity index (χ4n) is 1.56. The first-order valence-electron chi connectivity index (χ1n) is 6.58. The molecule has 0 fully saturated rings. The van der Waals surface area contributed by atoms with E-state index in [9.17, 15) is 4.79 Å². The van der Waals surface area contributed by atoms with Gasteiger partial charge in [0.2, 0.25) is 5.91 Å². The van der Waals surface area contributed by atoms with Crippen LogP contribution in [-0.4, -0.2) is 34.8 Å². The summed E-state index contributed by atoms with van der Waals surface area (Å²) in [6, 6.07) is 1.73. The molecule has 0 aliphatic rings. The van der Waals surface area contributed by atoms with E-state index in [2.05, 4.69) is 29.6 Å². The van der Waals surface area contributed by atoms with Crippen LogP contribution >= 0.6 is 0 Å². The third kappa shape index (κ3) is 5.82. The number of carbonyl (C=O) groups excluding carboxylic acids is 1. The van der Waals surface area contributed by atoms with Crippen LogP contribution in [0.25, 0.3) is 0 Å². The number of aromatic nitrogens is 2. The number of amides is 1. The van der Waals surface area contributed by atoms with E-state index in [1.165, 1.54) is 0 Å². The third-order valence-corrected chi connectivity index (χ3v) is 2.76. The van der Waals surface area contributed by atoms with Gasteiger partial charge < -0.3 is 10.6 Å². The summed E-state index contributed by atoms with van der Waals surface area (Å²) < 4.78 is 1.84. The van der Waals surface area contributed by atoms with Crippen molar-refractivity contribution >= 4 is 5.91 Å². The lowest BCUT2D eigenvalue weighted by Gasteiger charge is -2.14. The molecule has 0 bridgehead atoms. The molecule has 1 aromatic rings. The van der Waals surface area contributed by atoms with Crippen LogP contribution in [-0.2, 0) is 11.3 Å². The monoisotopic (exact) mass is 252 g/mol. The minimum absolute atomic E-state index is 0.0658. The zero-order valence-corrected chi connectivity index (χ0v) is 11.5. The maximum atomic E-state index is 11.7. The molecule has 0 aliphatic heterocycles. The molecular formula is C13H24N4O. The van der Waals surface area contributed by atoms with Crippen molar-refractivity contribution in [1.82, 2.24) is 20.4 Å². The molecule has 1 amide bonds. The summed E-state index contributed by atoms with van der Waals surface area (Å²) in [6.45, 7) is 8.45. The second kappa shape index (κ2) is 7.87. The van der Waals surface area contributed by atoms with E-state index in [1.54, 1.807) is 6.20 Å². The van der Waals surface area contributed by atoms with Crippen molar-refractivity contribution in [2.45, 2.75) is 39.8 Å². The second-order valence-electron chi connectivity index (χ2n) is 4.92. The van der Waals surface area contributed by atoms with E-state index in [4.69, 9.17) is 0 Å². The van der Waals surface area contributed by atoms with E-state index in [0.29, 0.717) is 5.92 Å². The SMILES string of the molecule is CC(C)CCNC(=O)C(C)NCCn1cccn1. The largest absolute Gasteiger partial charge is 0.355 e. The highest BCUT2D eigenvalue weighted by molar-refractivity contribution is 5.81. The van der Waals surface area contributed by atoms with Gasteiger partial charge in [-0.15, -0.1) is 0 Å². The van der Waals surface area contributed by atoms with Gasteiger partial charge in [-0.1, -0.05) is 13.8 Å². The first kappa shape index (κ1) is 14.7. The number of rotatable bonds is 8. The van der Waals surface area contributed by atoms with E-state index in [-0.39, 0.29) is 11.9 Å². The van der Waals surface area contributed by atoms with Crippen molar-refractivity contribution in [2.24, 2.45) is 5.92 Å². The number of carbonyl (C=O) groups is 1. The van der Waals surface area contributed by atoms with Crippen LogP contribution in [0.2, 0.25) is 0 Å². The average Bonchev–Trinajstić information content (AvgIpc) is 2.81. The standard InChI is InChI=1S/C13H24N4O/c1-11(2)5-7-15-13(18)12(3)14-8-10-17-9-4-6-16-17/h4,6,9,11-12,14H,5,7-8,10H2,1-3H3,(H,15,18). The molecule has 0 spiro atoms. The lowest BCUT2D eigenvalue weighted by atomic mass is 10.1. The van der Waals surface area contributed by atoms with Gasteiger partial charge in [0, 0.05) is 25.5 Å². The lowest BCUT2D eigenvalue weighted by Crippen LogP contribution is -2.43. The molecular weight excluding hydrogens is 228 g/mol. The first-order valence-corrected chi connectivity index (χ1v) is 6.58. The number of nitrogens with zero attached hydrogens (tertiary/aromatic N) is 2. The zero-order chi connectivity index (χ0) is 13.4. The van der Waals surface area contributed by atoms with Gasteiger partial charge in [0.15, 0.2) is 0 Å². The van der Waals surface area contributed by atoms with Crippen molar-refractivity contribution in [2.75, 3.05) is 13.1 Å². The molecule has 5 heteroatoms. The Labute approximate surface area is 109 Å². The average molecular weight is 252 g/mol. The van der Waals surface area contributed by atoms with Gasteiger partial charge in [0.25, 0.3) is 0 Å². The van der Waals surface area contributed by atoms with Crippen LogP contribution in [0, 0.1) is 5.92 Å². The number of hydrogen-bond donors (Lipinski definition) is 2. The topological polar surface area (TPSA) is 59.0 Å². The van der Waals surface area contributed by atoms with E-state index >= 15 is 0 Å². The van der Waals surface area contributed by atoms with Crippen LogP contribution in [0.15, 0.2) is 18.5 Å². The summed E-state index contributed by atoms with van der Waals surface area (Å²) in [5.41, 5.74) is 0. The molecule has 102 valence electrons. The van der Waals surface area contributed by atoms with Crippen molar-refractivity contribution in [1.29, 1.82) is 0 Å². The van der Waals surface area contributed by atoms with Gasteiger partial charge in [-0.3, -0.25) is 9.48 Å². The summed E-state index contributed by atoms with van der Waals surface area (Å²) in [5, 5.41) is 10.2. The van der Waals surface area contributed by atoms with Crippen molar-refractivity contribution in [3.63, 3.8) is 0 Å². The van der Waals surface area contributed by atoms with E-state index < -0.39 is 0 Å². The molecule has 5 nitrogen and oxygen atoms in total. The Morgan fingerprint density at radius 1 is 1.33 bits per heavy atom. The Morgan fingerprint density at radius 3 is 2.72 bits per heavy atom. The quantitative estimate of drug-likeness (QED) is 0.726. The molecule has 18 heavy (non-hydrogen) atoms. The molecule has 0 aromatic carbocycles. The van der Waals surface area contributed by atoms with Gasteiger partial charge in [-0.2, -0.15) is 5.10 Å². The van der Waals surface area contributed by atoms with Crippen molar-refractivity contribution < 1.29 is 4.79 Å². The van der Waals surface area contributed by atoms with Crippen molar-refractivity contribution in [3.8, 4) is 0 Å². The second-order valence-corrected chi connectivity index (χ2v) is 4.92. The Kier molecular flexibility index (Phi) is 6.43. The van der Waals surface area contributed by atoms with Crippen LogP contribution < -0.4 is 10.6 Å². The summed E-state index contributed by atoms with van der Waals surface area (Å²) >= 11 is 0. The van der Waals surface area contributed by atoms with Gasteiger partial charge in [-0.25, -0.2) is 0 Å². The maximum Gasteiger partial charge on any atom is 0.236 e. The summed E-state index contributed by atoms with van der Waals surface area (Å²) in [7, 11) is 0. The predicted octanol–water partition coefficient (Wildman–Crippen LogP) is 1.02. The fourth-order valence-corrected chi connectivity index (χ4v) is 1.56. The highest BCUT2D eigenvalue weighted by Gasteiger charge is 2.10. The van der Waals surface area contributed by atoms with E-state index in [0.717, 1.165) is 26.1 Å². The molecule has 2 N–H and O–H groups in total. The Morgan fingerprint density at radius 2 is 2.11 bits per heavy atom. The molecule has 0 aliphatic carbocycles. The molecule has 1 atom stereocenters. The Hall–Kier alpha value is -1.36. The van der Waals surface area contributed by atoms with Gasteiger partial charge in [0.1, 0.15) is 0 Å². The highest BCUT2D eigenvalue weighted by atomic mass is 16.2. The number of nitrogens with one attached hydrogen (secondary N) is 2. The normalized spacial score (nSPS) is 12.7. The minimum atomic E-state index is -0.160. The van der Waals surface area contributed by atoms with Gasteiger partial charge in [-0.05, 0) is 25.3 Å². The molecule has 0 saturated heterocycles. The molecule has 0 saturated carbocycles. The Bertz CT molecular complexity index is 335. The Balaban J connectivity index is 2.11. The summed E-state index contributed by atoms with van der Waals surface area (Å²) in [4.78, 5) is 11.7. The minimum Gasteiger partial charge on any atom is -0.355 e. The summed E-state index contributed by atoms with van der Waals surface area (Å²) in [6.07, 6.45) is 4.68. The zero-order valence-electron chi connectivity index (χ0n) is 11.5. The predicted molar refractivity (Wildman–Crippen MR) is 72.2 cm³/mol.